The SMILES string of the molecule is CCC1CC(=O)N(C(=O)c2ccc(Cl)nc2)C1. The number of aromatic nitrogens is 1. The first-order valence-electron chi connectivity index (χ1n) is 5.58. The van der Waals surface area contributed by atoms with Crippen molar-refractivity contribution in [2.75, 3.05) is 6.54 Å². The van der Waals surface area contributed by atoms with Gasteiger partial charge in [-0.15, -0.1) is 0 Å². The van der Waals surface area contributed by atoms with E-state index in [1.54, 1.807) is 12.1 Å². The lowest BCUT2D eigenvalue weighted by Gasteiger charge is -2.14. The van der Waals surface area contributed by atoms with Crippen LogP contribution in [0.2, 0.25) is 5.15 Å². The maximum Gasteiger partial charge on any atom is 0.262 e. The van der Waals surface area contributed by atoms with Crippen molar-refractivity contribution in [1.29, 1.82) is 0 Å². The Balaban J connectivity index is 2.15. The molecule has 0 saturated carbocycles. The molecule has 2 heterocycles. The van der Waals surface area contributed by atoms with Crippen LogP contribution in [0.4, 0.5) is 0 Å². The Morgan fingerprint density at radius 1 is 1.59 bits per heavy atom. The van der Waals surface area contributed by atoms with E-state index in [-0.39, 0.29) is 17.7 Å². The van der Waals surface area contributed by atoms with Crippen LogP contribution in [0, 0.1) is 5.92 Å². The number of hydrogen-bond donors (Lipinski definition) is 0. The van der Waals surface area contributed by atoms with E-state index in [1.807, 2.05) is 6.92 Å². The van der Waals surface area contributed by atoms with Crippen molar-refractivity contribution in [3.63, 3.8) is 0 Å². The second-order valence-electron chi connectivity index (χ2n) is 4.16. The Kier molecular flexibility index (Phi) is 3.43. The zero-order valence-corrected chi connectivity index (χ0v) is 10.3. The molecule has 17 heavy (non-hydrogen) atoms. The summed E-state index contributed by atoms with van der Waals surface area (Å²) in [6.07, 6.45) is 2.77. The summed E-state index contributed by atoms with van der Waals surface area (Å²) in [5.41, 5.74) is 0.402. The summed E-state index contributed by atoms with van der Waals surface area (Å²) in [4.78, 5) is 28.9. The topological polar surface area (TPSA) is 50.3 Å². The predicted molar refractivity (Wildman–Crippen MR) is 63.7 cm³/mol. The Bertz CT molecular complexity index is 444. The van der Waals surface area contributed by atoms with Crippen LogP contribution in [0.1, 0.15) is 30.1 Å². The average Bonchev–Trinajstić information content (AvgIpc) is 2.71. The molecule has 1 saturated heterocycles. The summed E-state index contributed by atoms with van der Waals surface area (Å²) in [6.45, 7) is 2.53. The third-order valence-electron chi connectivity index (χ3n) is 3.00. The molecule has 0 bridgehead atoms. The highest BCUT2D eigenvalue weighted by Gasteiger charge is 2.33. The highest BCUT2D eigenvalue weighted by molar-refractivity contribution is 6.29. The zero-order chi connectivity index (χ0) is 12.4. The van der Waals surface area contributed by atoms with Gasteiger partial charge in [-0.05, 0) is 18.1 Å². The van der Waals surface area contributed by atoms with Crippen LogP contribution in [-0.4, -0.2) is 28.2 Å². The van der Waals surface area contributed by atoms with E-state index in [9.17, 15) is 9.59 Å². The summed E-state index contributed by atoms with van der Waals surface area (Å²) in [5, 5.41) is 0.334. The molecule has 0 radical (unpaired) electrons. The molecule has 2 amide bonds. The van der Waals surface area contributed by atoms with Gasteiger partial charge in [0.15, 0.2) is 0 Å². The van der Waals surface area contributed by atoms with Crippen molar-refractivity contribution in [2.24, 2.45) is 5.92 Å². The fourth-order valence-electron chi connectivity index (χ4n) is 1.91. The highest BCUT2D eigenvalue weighted by atomic mass is 35.5. The molecule has 0 aliphatic carbocycles. The Morgan fingerprint density at radius 3 is 2.88 bits per heavy atom. The Morgan fingerprint density at radius 2 is 2.35 bits per heavy atom. The molecule has 5 heteroatoms. The number of nitrogens with zero attached hydrogens (tertiary/aromatic N) is 2. The van der Waals surface area contributed by atoms with Gasteiger partial charge in [0.25, 0.3) is 5.91 Å². The number of hydrogen-bond acceptors (Lipinski definition) is 3. The smallest absolute Gasteiger partial charge is 0.262 e. The molecule has 1 unspecified atom stereocenters. The lowest BCUT2D eigenvalue weighted by molar-refractivity contribution is -0.125. The minimum atomic E-state index is -0.282. The van der Waals surface area contributed by atoms with Crippen molar-refractivity contribution < 1.29 is 9.59 Å². The predicted octanol–water partition coefficient (Wildman–Crippen LogP) is 2.13. The molecule has 1 aliphatic rings. The average molecular weight is 253 g/mol. The van der Waals surface area contributed by atoms with Crippen LogP contribution in [0.15, 0.2) is 18.3 Å². The summed E-state index contributed by atoms with van der Waals surface area (Å²) in [7, 11) is 0. The number of carbonyl (C=O) groups is 2. The number of likely N-dealkylation sites (tertiary alicyclic amines) is 1. The lowest BCUT2D eigenvalue weighted by atomic mass is 10.1. The van der Waals surface area contributed by atoms with Crippen molar-refractivity contribution in [3.05, 3.63) is 29.0 Å². The van der Waals surface area contributed by atoms with Crippen molar-refractivity contribution in [1.82, 2.24) is 9.88 Å². The van der Waals surface area contributed by atoms with E-state index in [4.69, 9.17) is 11.6 Å². The second-order valence-corrected chi connectivity index (χ2v) is 4.54. The molecule has 90 valence electrons. The first-order chi connectivity index (χ1) is 8.11. The largest absolute Gasteiger partial charge is 0.278 e. The van der Waals surface area contributed by atoms with E-state index < -0.39 is 0 Å². The molecular formula is C12H13ClN2O2. The number of carbonyl (C=O) groups excluding carboxylic acids is 2. The maximum atomic E-state index is 12.1. The number of rotatable bonds is 2. The molecule has 0 aromatic carbocycles. The monoisotopic (exact) mass is 252 g/mol. The molecular weight excluding hydrogens is 240 g/mol. The third kappa shape index (κ3) is 2.47. The van der Waals surface area contributed by atoms with Gasteiger partial charge in [-0.3, -0.25) is 14.5 Å². The van der Waals surface area contributed by atoms with E-state index in [2.05, 4.69) is 4.98 Å². The van der Waals surface area contributed by atoms with Crippen LogP contribution in [0.5, 0.6) is 0 Å². The van der Waals surface area contributed by atoms with Gasteiger partial charge in [0.2, 0.25) is 5.91 Å². The van der Waals surface area contributed by atoms with Gasteiger partial charge in [-0.2, -0.15) is 0 Å². The molecule has 1 fully saturated rings. The number of pyridine rings is 1. The first-order valence-corrected chi connectivity index (χ1v) is 5.96. The molecule has 4 nitrogen and oxygen atoms in total. The molecule has 2 rings (SSSR count). The summed E-state index contributed by atoms with van der Waals surface area (Å²) in [6, 6.07) is 3.14. The van der Waals surface area contributed by atoms with Crippen LogP contribution < -0.4 is 0 Å². The molecule has 1 aliphatic heterocycles. The van der Waals surface area contributed by atoms with E-state index in [1.165, 1.54) is 11.1 Å². The first kappa shape index (κ1) is 12.0. The van der Waals surface area contributed by atoms with Gasteiger partial charge in [0.1, 0.15) is 5.15 Å². The van der Waals surface area contributed by atoms with Crippen LogP contribution >= 0.6 is 11.6 Å². The normalized spacial score (nSPS) is 19.8. The van der Waals surface area contributed by atoms with Gasteiger partial charge >= 0.3 is 0 Å². The molecule has 0 N–H and O–H groups in total. The van der Waals surface area contributed by atoms with E-state index >= 15 is 0 Å². The minimum Gasteiger partial charge on any atom is -0.278 e. The molecule has 0 spiro atoms. The van der Waals surface area contributed by atoms with Gasteiger partial charge < -0.3 is 0 Å². The fourth-order valence-corrected chi connectivity index (χ4v) is 2.02. The van der Waals surface area contributed by atoms with Gasteiger partial charge in [-0.1, -0.05) is 24.9 Å². The summed E-state index contributed by atoms with van der Waals surface area (Å²) in [5.74, 6) is -0.0985. The fraction of sp³-hybridized carbons (Fsp3) is 0.417. The van der Waals surface area contributed by atoms with E-state index in [0.29, 0.717) is 23.7 Å². The second kappa shape index (κ2) is 4.84. The van der Waals surface area contributed by atoms with Crippen molar-refractivity contribution >= 4 is 23.4 Å². The Hall–Kier alpha value is -1.42. The van der Waals surface area contributed by atoms with Crippen LogP contribution in [0.25, 0.3) is 0 Å². The van der Waals surface area contributed by atoms with E-state index in [0.717, 1.165) is 6.42 Å². The number of imide groups is 1. The minimum absolute atomic E-state index is 0.100. The van der Waals surface area contributed by atoms with Crippen LogP contribution in [0.3, 0.4) is 0 Å². The molecule has 1 atom stereocenters. The number of amides is 2. The van der Waals surface area contributed by atoms with Gasteiger partial charge in [-0.25, -0.2) is 4.98 Å². The van der Waals surface area contributed by atoms with Crippen molar-refractivity contribution in [2.45, 2.75) is 19.8 Å². The summed E-state index contributed by atoms with van der Waals surface area (Å²) >= 11 is 5.65. The molecule has 1 aromatic heterocycles. The third-order valence-corrected chi connectivity index (χ3v) is 3.23. The standard InChI is InChI=1S/C12H13ClN2O2/c1-2-8-5-11(16)15(7-8)12(17)9-3-4-10(13)14-6-9/h3-4,6,8H,2,5,7H2,1H3. The Labute approximate surface area is 105 Å². The van der Waals surface area contributed by atoms with Gasteiger partial charge in [0.05, 0.1) is 5.56 Å². The van der Waals surface area contributed by atoms with Gasteiger partial charge in [0, 0.05) is 19.2 Å². The maximum absolute atomic E-state index is 12.1. The van der Waals surface area contributed by atoms with Crippen molar-refractivity contribution in [3.8, 4) is 0 Å². The number of halogens is 1. The zero-order valence-electron chi connectivity index (χ0n) is 9.52. The lowest BCUT2D eigenvalue weighted by Crippen LogP contribution is -2.32. The van der Waals surface area contributed by atoms with Crippen LogP contribution in [-0.2, 0) is 4.79 Å². The highest BCUT2D eigenvalue weighted by Crippen LogP contribution is 2.22. The molecule has 1 aromatic rings. The summed E-state index contributed by atoms with van der Waals surface area (Å²) < 4.78 is 0. The quantitative estimate of drug-likeness (QED) is 0.599.